The number of carbonyl (C=O) groups is 1. The van der Waals surface area contributed by atoms with Crippen molar-refractivity contribution in [2.75, 3.05) is 12.9 Å². The molecule has 1 N–H and O–H groups in total. The highest BCUT2D eigenvalue weighted by atomic mass is 32.2. The van der Waals surface area contributed by atoms with E-state index in [1.807, 2.05) is 48.5 Å². The quantitative estimate of drug-likeness (QED) is 0.643. The van der Waals surface area contributed by atoms with Gasteiger partial charge in [0.05, 0.1) is 12.5 Å². The number of hydrogen-bond acceptors (Lipinski definition) is 6. The van der Waals surface area contributed by atoms with Gasteiger partial charge in [-0.1, -0.05) is 80.8 Å². The molecule has 0 saturated carbocycles. The van der Waals surface area contributed by atoms with E-state index in [4.69, 9.17) is 14.8 Å². The van der Waals surface area contributed by atoms with E-state index in [1.165, 1.54) is 25.7 Å². The highest BCUT2D eigenvalue weighted by molar-refractivity contribution is 8.13. The number of rotatable bonds is 8. The number of para-hydroxylation sites is 2. The first-order valence-electron chi connectivity index (χ1n) is 10.8. The van der Waals surface area contributed by atoms with Crippen molar-refractivity contribution in [2.24, 2.45) is 10.1 Å². The molecule has 0 fully saturated rings. The third-order valence-electron chi connectivity index (χ3n) is 5.42. The summed E-state index contributed by atoms with van der Waals surface area (Å²) < 4.78 is 5.58. The zero-order valence-electron chi connectivity index (χ0n) is 18.0. The zero-order chi connectivity index (χ0) is 21.6. The number of nitrogens with zero attached hydrogens (tertiary/aromatic N) is 3. The molecule has 0 aromatic heterocycles. The number of methoxy groups -OCH3 is 1. The SMILES string of the molecule is CCCCCCCSC1=NN2C(=c3ccccc3=N[C@H]2c2ccccc2OC)C(=O)N1. The van der Waals surface area contributed by atoms with Gasteiger partial charge in [0.2, 0.25) is 0 Å². The minimum Gasteiger partial charge on any atom is -0.496 e. The van der Waals surface area contributed by atoms with Crippen molar-refractivity contribution in [2.45, 2.75) is 45.2 Å². The average Bonchev–Trinajstić information content (AvgIpc) is 2.80. The summed E-state index contributed by atoms with van der Waals surface area (Å²) in [4.78, 5) is 18.1. The summed E-state index contributed by atoms with van der Waals surface area (Å²) in [5, 5.41) is 11.7. The van der Waals surface area contributed by atoms with Crippen LogP contribution in [0.1, 0.15) is 50.8 Å². The lowest BCUT2D eigenvalue weighted by Gasteiger charge is -2.34. The number of hydrogen-bond donors (Lipinski definition) is 1. The van der Waals surface area contributed by atoms with Crippen LogP contribution in [0.5, 0.6) is 5.75 Å². The van der Waals surface area contributed by atoms with E-state index >= 15 is 0 Å². The number of carbonyl (C=O) groups excluding carboxylic acids is 1. The summed E-state index contributed by atoms with van der Waals surface area (Å²) >= 11 is 1.59. The molecule has 31 heavy (non-hydrogen) atoms. The smallest absolute Gasteiger partial charge is 0.276 e. The van der Waals surface area contributed by atoms with E-state index in [1.54, 1.807) is 23.9 Å². The maximum Gasteiger partial charge on any atom is 0.276 e. The molecule has 2 aromatic rings. The monoisotopic (exact) mass is 436 g/mol. The van der Waals surface area contributed by atoms with Crippen LogP contribution in [-0.2, 0) is 4.79 Å². The summed E-state index contributed by atoms with van der Waals surface area (Å²) in [6, 6.07) is 15.5. The molecule has 4 rings (SSSR count). The number of amides is 1. The number of amidine groups is 1. The van der Waals surface area contributed by atoms with Crippen LogP contribution in [0.4, 0.5) is 0 Å². The fourth-order valence-corrected chi connectivity index (χ4v) is 4.70. The molecule has 0 unspecified atom stereocenters. The van der Waals surface area contributed by atoms with Crippen LogP contribution < -0.4 is 20.6 Å². The fraction of sp³-hybridized carbons (Fsp3) is 0.375. The molecule has 0 saturated heterocycles. The van der Waals surface area contributed by atoms with Crippen LogP contribution in [0.2, 0.25) is 0 Å². The van der Waals surface area contributed by atoms with Crippen molar-refractivity contribution in [1.82, 2.24) is 10.3 Å². The van der Waals surface area contributed by atoms with E-state index in [9.17, 15) is 4.79 Å². The van der Waals surface area contributed by atoms with Gasteiger partial charge in [-0.2, -0.15) is 0 Å². The molecule has 0 radical (unpaired) electrons. The van der Waals surface area contributed by atoms with E-state index in [-0.39, 0.29) is 5.91 Å². The van der Waals surface area contributed by atoms with Crippen LogP contribution in [0.3, 0.4) is 0 Å². The van der Waals surface area contributed by atoms with E-state index in [2.05, 4.69) is 12.2 Å². The minimum atomic E-state index is -0.466. The molecule has 2 aliphatic rings. The van der Waals surface area contributed by atoms with Crippen molar-refractivity contribution < 1.29 is 9.53 Å². The van der Waals surface area contributed by atoms with Crippen molar-refractivity contribution in [3.05, 3.63) is 64.7 Å². The Morgan fingerprint density at radius 2 is 1.84 bits per heavy atom. The van der Waals surface area contributed by atoms with Gasteiger partial charge in [0.15, 0.2) is 11.3 Å². The van der Waals surface area contributed by atoms with Crippen molar-refractivity contribution in [1.29, 1.82) is 0 Å². The predicted molar refractivity (Wildman–Crippen MR) is 125 cm³/mol. The van der Waals surface area contributed by atoms with E-state index < -0.39 is 6.17 Å². The Morgan fingerprint density at radius 1 is 1.06 bits per heavy atom. The summed E-state index contributed by atoms with van der Waals surface area (Å²) in [5.41, 5.74) is 1.40. The third kappa shape index (κ3) is 4.61. The Morgan fingerprint density at radius 3 is 2.68 bits per heavy atom. The van der Waals surface area contributed by atoms with E-state index in [0.717, 1.165) is 34.1 Å². The summed E-state index contributed by atoms with van der Waals surface area (Å²) in [6.07, 6.45) is 5.61. The zero-order valence-corrected chi connectivity index (χ0v) is 18.8. The van der Waals surface area contributed by atoms with Crippen LogP contribution in [0, 0.1) is 0 Å². The first-order chi connectivity index (χ1) is 15.2. The molecular weight excluding hydrogens is 408 g/mol. The molecular formula is C24H28N4O2S. The van der Waals surface area contributed by atoms with Crippen LogP contribution in [0.15, 0.2) is 58.6 Å². The average molecular weight is 437 g/mol. The molecule has 6 nitrogen and oxygen atoms in total. The Hall–Kier alpha value is -2.80. The Balaban J connectivity index is 1.68. The van der Waals surface area contributed by atoms with Gasteiger partial charge in [-0.05, 0) is 18.6 Å². The fourth-order valence-electron chi connectivity index (χ4n) is 3.85. The molecule has 1 amide bonds. The van der Waals surface area contributed by atoms with Gasteiger partial charge >= 0.3 is 0 Å². The first kappa shape index (κ1) is 21.4. The second-order valence-electron chi connectivity index (χ2n) is 7.58. The maximum atomic E-state index is 13.2. The second-order valence-corrected chi connectivity index (χ2v) is 8.66. The lowest BCUT2D eigenvalue weighted by molar-refractivity contribution is -0.116. The summed E-state index contributed by atoms with van der Waals surface area (Å²) in [6.45, 7) is 2.22. The van der Waals surface area contributed by atoms with Crippen LogP contribution in [-0.4, -0.2) is 28.9 Å². The molecule has 0 aliphatic carbocycles. The molecule has 162 valence electrons. The molecule has 7 heteroatoms. The third-order valence-corrected chi connectivity index (χ3v) is 6.37. The number of hydrazone groups is 1. The van der Waals surface area contributed by atoms with Gasteiger partial charge in [-0.15, -0.1) is 5.10 Å². The standard InChI is InChI=1S/C24H28N4O2S/c1-3-4-5-6-11-16-31-24-26-23(29)21-17-12-7-9-14-19(17)25-22(28(21)27-24)18-13-8-10-15-20(18)30-2/h7-10,12-15,22H,3-6,11,16H2,1-2H3,(H,26,27,29)/t22-/m1/s1. The molecule has 0 bridgehead atoms. The highest BCUT2D eigenvalue weighted by Gasteiger charge is 2.35. The molecule has 1 atom stereocenters. The van der Waals surface area contributed by atoms with Gasteiger partial charge < -0.3 is 4.74 Å². The van der Waals surface area contributed by atoms with E-state index in [0.29, 0.717) is 10.9 Å². The van der Waals surface area contributed by atoms with Gasteiger partial charge in [-0.3, -0.25) is 15.1 Å². The van der Waals surface area contributed by atoms with Gasteiger partial charge in [0, 0.05) is 16.5 Å². The largest absolute Gasteiger partial charge is 0.496 e. The van der Waals surface area contributed by atoms with Crippen molar-refractivity contribution in [3.8, 4) is 5.75 Å². The number of thioether (sulfide) groups is 1. The topological polar surface area (TPSA) is 66.3 Å². The van der Waals surface area contributed by atoms with Gasteiger partial charge in [0.1, 0.15) is 11.4 Å². The Bertz CT molecular complexity index is 1100. The molecule has 0 spiro atoms. The number of nitrogens with one attached hydrogen (secondary N) is 1. The number of fused-ring (bicyclic) bond motifs is 2. The second kappa shape index (κ2) is 10.0. The van der Waals surface area contributed by atoms with Crippen LogP contribution in [0.25, 0.3) is 5.70 Å². The minimum absolute atomic E-state index is 0.147. The lowest BCUT2D eigenvalue weighted by Crippen LogP contribution is -2.50. The Kier molecular flexibility index (Phi) is 6.92. The van der Waals surface area contributed by atoms with Crippen molar-refractivity contribution >= 4 is 28.5 Å². The van der Waals surface area contributed by atoms with Crippen LogP contribution >= 0.6 is 11.8 Å². The van der Waals surface area contributed by atoms with Crippen molar-refractivity contribution in [3.63, 3.8) is 0 Å². The van der Waals surface area contributed by atoms with Gasteiger partial charge in [-0.25, -0.2) is 5.01 Å². The predicted octanol–water partition coefficient (Wildman–Crippen LogP) is 3.54. The highest BCUT2D eigenvalue weighted by Crippen LogP contribution is 2.35. The lowest BCUT2D eigenvalue weighted by atomic mass is 10.1. The maximum absolute atomic E-state index is 13.2. The number of benzene rings is 2. The number of ether oxygens (including phenoxy) is 1. The molecule has 2 aromatic carbocycles. The number of unbranched alkanes of at least 4 members (excludes halogenated alkanes) is 4. The van der Waals surface area contributed by atoms with Gasteiger partial charge in [0.25, 0.3) is 5.91 Å². The molecule has 2 aliphatic heterocycles. The first-order valence-corrected chi connectivity index (χ1v) is 11.8. The normalized spacial score (nSPS) is 17.3. The summed E-state index contributed by atoms with van der Waals surface area (Å²) in [7, 11) is 1.65. The Labute approximate surface area is 187 Å². The summed E-state index contributed by atoms with van der Waals surface area (Å²) in [5.74, 6) is 1.51. The molecule has 2 heterocycles.